The molecule has 2 heteroatoms. The lowest BCUT2D eigenvalue weighted by atomic mass is 9.95. The summed E-state index contributed by atoms with van der Waals surface area (Å²) in [7, 11) is 6.21. The van der Waals surface area contributed by atoms with Crippen molar-refractivity contribution >= 4 is 0 Å². The van der Waals surface area contributed by atoms with Gasteiger partial charge in [-0.2, -0.15) is 0 Å². The van der Waals surface area contributed by atoms with E-state index >= 15 is 0 Å². The van der Waals surface area contributed by atoms with E-state index < -0.39 is 0 Å². The third kappa shape index (κ3) is 1.96. The summed E-state index contributed by atoms with van der Waals surface area (Å²) in [5, 5.41) is 3.24. The Bertz CT molecular complexity index is 97.4. The Kier molecular flexibility index (Phi) is 3.33. The van der Waals surface area contributed by atoms with Crippen molar-refractivity contribution in [1.82, 2.24) is 10.2 Å². The molecule has 0 aliphatic carbocycles. The highest BCUT2D eigenvalue weighted by molar-refractivity contribution is 4.86. The van der Waals surface area contributed by atoms with Crippen LogP contribution in [0, 0.1) is 0 Å². The highest BCUT2D eigenvalue weighted by Crippen LogP contribution is 2.14. The van der Waals surface area contributed by atoms with E-state index in [2.05, 4.69) is 45.1 Å². The van der Waals surface area contributed by atoms with Crippen LogP contribution < -0.4 is 5.32 Å². The summed E-state index contributed by atoms with van der Waals surface area (Å²) in [6, 6.07) is 0.516. The van der Waals surface area contributed by atoms with Crippen molar-refractivity contribution in [3.05, 3.63) is 0 Å². The Balaban J connectivity index is 4.09. The first-order chi connectivity index (χ1) is 4.42. The van der Waals surface area contributed by atoms with Gasteiger partial charge in [-0.25, -0.2) is 0 Å². The highest BCUT2D eigenvalue weighted by Gasteiger charge is 2.26. The fourth-order valence-electron chi connectivity index (χ4n) is 0.741. The molecule has 0 aliphatic heterocycles. The Morgan fingerprint density at radius 1 is 1.30 bits per heavy atom. The van der Waals surface area contributed by atoms with Gasteiger partial charge in [0.25, 0.3) is 0 Å². The Labute approximate surface area is 64.6 Å². The highest BCUT2D eigenvalue weighted by atomic mass is 15.2. The van der Waals surface area contributed by atoms with Crippen LogP contribution in [0.25, 0.3) is 0 Å². The van der Waals surface area contributed by atoms with Crippen LogP contribution in [0.5, 0.6) is 0 Å². The van der Waals surface area contributed by atoms with Gasteiger partial charge < -0.3 is 10.2 Å². The zero-order valence-corrected chi connectivity index (χ0v) is 8.02. The van der Waals surface area contributed by atoms with E-state index in [1.165, 1.54) is 0 Å². The Hall–Kier alpha value is -0.0800. The minimum atomic E-state index is 0.231. The summed E-state index contributed by atoms with van der Waals surface area (Å²) < 4.78 is 0. The van der Waals surface area contributed by atoms with Gasteiger partial charge >= 0.3 is 0 Å². The number of hydrogen-bond acceptors (Lipinski definition) is 2. The summed E-state index contributed by atoms with van der Waals surface area (Å²) in [6.45, 7) is 6.66. The molecule has 0 radical (unpaired) electrons. The molecule has 0 aromatic rings. The number of hydrogen-bond donors (Lipinski definition) is 1. The van der Waals surface area contributed by atoms with Gasteiger partial charge in [0, 0.05) is 11.6 Å². The van der Waals surface area contributed by atoms with Crippen LogP contribution in [0.2, 0.25) is 0 Å². The summed E-state index contributed by atoms with van der Waals surface area (Å²) in [6.07, 6.45) is 0. The topological polar surface area (TPSA) is 15.3 Å². The van der Waals surface area contributed by atoms with Crippen molar-refractivity contribution in [3.8, 4) is 0 Å². The molecule has 10 heavy (non-hydrogen) atoms. The summed E-state index contributed by atoms with van der Waals surface area (Å²) in [5.74, 6) is 0. The van der Waals surface area contributed by atoms with E-state index in [-0.39, 0.29) is 5.54 Å². The van der Waals surface area contributed by atoms with Crippen LogP contribution >= 0.6 is 0 Å². The fraction of sp³-hybridized carbons (Fsp3) is 1.00. The maximum Gasteiger partial charge on any atom is 0.0297 e. The van der Waals surface area contributed by atoms with Crippen molar-refractivity contribution in [2.24, 2.45) is 0 Å². The molecule has 62 valence electrons. The quantitative estimate of drug-likeness (QED) is 0.634. The molecule has 0 aromatic heterocycles. The van der Waals surface area contributed by atoms with Crippen LogP contribution in [-0.2, 0) is 0 Å². The van der Waals surface area contributed by atoms with Crippen molar-refractivity contribution in [3.63, 3.8) is 0 Å². The van der Waals surface area contributed by atoms with Gasteiger partial charge in [0.15, 0.2) is 0 Å². The predicted molar refractivity (Wildman–Crippen MR) is 46.3 cm³/mol. The minimum absolute atomic E-state index is 0.231. The van der Waals surface area contributed by atoms with Gasteiger partial charge in [0.2, 0.25) is 0 Å². The van der Waals surface area contributed by atoms with Gasteiger partial charge in [0.05, 0.1) is 0 Å². The average molecular weight is 144 g/mol. The van der Waals surface area contributed by atoms with Gasteiger partial charge in [-0.05, 0) is 41.9 Å². The lowest BCUT2D eigenvalue weighted by Crippen LogP contribution is -2.52. The van der Waals surface area contributed by atoms with Crippen molar-refractivity contribution in [2.45, 2.75) is 32.4 Å². The largest absolute Gasteiger partial charge is 0.315 e. The van der Waals surface area contributed by atoms with E-state index in [0.717, 1.165) is 0 Å². The number of nitrogens with one attached hydrogen (secondary N) is 1. The molecule has 1 unspecified atom stereocenters. The van der Waals surface area contributed by atoms with Gasteiger partial charge in [-0.15, -0.1) is 0 Å². The number of nitrogens with zero attached hydrogens (tertiary/aromatic N) is 1. The molecule has 0 aromatic carbocycles. The number of rotatable bonds is 3. The first-order valence-corrected chi connectivity index (χ1v) is 3.77. The molecular formula is C8H20N2. The van der Waals surface area contributed by atoms with Crippen molar-refractivity contribution in [2.75, 3.05) is 21.1 Å². The van der Waals surface area contributed by atoms with Crippen LogP contribution in [-0.4, -0.2) is 37.6 Å². The predicted octanol–water partition coefficient (Wildman–Crippen LogP) is 0.935. The lowest BCUT2D eigenvalue weighted by molar-refractivity contribution is 0.151. The summed E-state index contributed by atoms with van der Waals surface area (Å²) in [4.78, 5) is 2.23. The standard InChI is InChI=1S/C8H20N2/c1-7(9-4)8(2,3)10(5)6/h7,9H,1-6H3. The van der Waals surface area contributed by atoms with E-state index in [0.29, 0.717) is 6.04 Å². The monoisotopic (exact) mass is 144 g/mol. The van der Waals surface area contributed by atoms with Gasteiger partial charge in [-0.1, -0.05) is 0 Å². The van der Waals surface area contributed by atoms with Crippen molar-refractivity contribution in [1.29, 1.82) is 0 Å². The van der Waals surface area contributed by atoms with Crippen LogP contribution in [0.3, 0.4) is 0 Å². The normalized spacial score (nSPS) is 15.9. The molecule has 0 amide bonds. The summed E-state index contributed by atoms with van der Waals surface area (Å²) in [5.41, 5.74) is 0.231. The molecule has 0 saturated carbocycles. The maximum absolute atomic E-state index is 3.24. The zero-order chi connectivity index (χ0) is 8.36. The second kappa shape index (κ2) is 3.35. The van der Waals surface area contributed by atoms with E-state index in [1.54, 1.807) is 0 Å². The third-order valence-corrected chi connectivity index (χ3v) is 2.65. The molecule has 1 atom stereocenters. The minimum Gasteiger partial charge on any atom is -0.315 e. The van der Waals surface area contributed by atoms with E-state index in [9.17, 15) is 0 Å². The zero-order valence-electron chi connectivity index (χ0n) is 8.02. The second-order valence-corrected chi connectivity index (χ2v) is 3.56. The molecule has 0 bridgehead atoms. The maximum atomic E-state index is 3.24. The van der Waals surface area contributed by atoms with Crippen molar-refractivity contribution < 1.29 is 0 Å². The second-order valence-electron chi connectivity index (χ2n) is 3.56. The molecule has 0 fully saturated rings. The van der Waals surface area contributed by atoms with Gasteiger partial charge in [0.1, 0.15) is 0 Å². The van der Waals surface area contributed by atoms with E-state index in [1.807, 2.05) is 7.05 Å². The molecule has 0 rings (SSSR count). The molecule has 1 N–H and O–H groups in total. The molecule has 2 nitrogen and oxygen atoms in total. The molecule has 0 heterocycles. The first-order valence-electron chi connectivity index (χ1n) is 3.77. The summed E-state index contributed by atoms with van der Waals surface area (Å²) >= 11 is 0. The Morgan fingerprint density at radius 3 is 1.80 bits per heavy atom. The molecule has 0 saturated heterocycles. The smallest absolute Gasteiger partial charge is 0.0297 e. The van der Waals surface area contributed by atoms with Gasteiger partial charge in [-0.3, -0.25) is 0 Å². The van der Waals surface area contributed by atoms with E-state index in [4.69, 9.17) is 0 Å². The first kappa shape index (κ1) is 9.92. The number of likely N-dealkylation sites (N-methyl/N-ethyl adjacent to an activating group) is 2. The van der Waals surface area contributed by atoms with Crippen LogP contribution in [0.15, 0.2) is 0 Å². The SMILES string of the molecule is CNC(C)C(C)(C)N(C)C. The van der Waals surface area contributed by atoms with Crippen LogP contribution in [0.4, 0.5) is 0 Å². The molecule has 0 aliphatic rings. The third-order valence-electron chi connectivity index (χ3n) is 2.65. The molecule has 0 spiro atoms. The van der Waals surface area contributed by atoms with Crippen LogP contribution in [0.1, 0.15) is 20.8 Å². The fourth-order valence-corrected chi connectivity index (χ4v) is 0.741. The average Bonchev–Trinajstić information content (AvgIpc) is 1.86. The molecular weight excluding hydrogens is 124 g/mol. The Morgan fingerprint density at radius 2 is 1.70 bits per heavy atom. The lowest BCUT2D eigenvalue weighted by Gasteiger charge is -2.38.